The molecule has 0 saturated heterocycles. The quantitative estimate of drug-likeness (QED) is 0.760. The van der Waals surface area contributed by atoms with E-state index in [2.05, 4.69) is 5.32 Å². The largest absolute Gasteiger partial charge is 0.497 e. The molecule has 0 saturated carbocycles. The van der Waals surface area contributed by atoms with Gasteiger partial charge >= 0.3 is 0 Å². The van der Waals surface area contributed by atoms with Gasteiger partial charge in [-0.2, -0.15) is 0 Å². The number of thiophene rings is 1. The molecule has 0 aliphatic carbocycles. The second kappa shape index (κ2) is 6.45. The van der Waals surface area contributed by atoms with E-state index >= 15 is 0 Å². The maximum Gasteiger partial charge on any atom is 0.255 e. The Kier molecular flexibility index (Phi) is 4.21. The Morgan fingerprint density at radius 1 is 1.05 bits per heavy atom. The second-order valence-electron chi connectivity index (χ2n) is 4.74. The summed E-state index contributed by atoms with van der Waals surface area (Å²) in [6.07, 6.45) is 0. The molecule has 1 heterocycles. The summed E-state index contributed by atoms with van der Waals surface area (Å²) in [5, 5.41) is 4.92. The number of methoxy groups -OCH3 is 1. The molecule has 0 spiro atoms. The van der Waals surface area contributed by atoms with E-state index in [0.717, 1.165) is 21.9 Å². The molecule has 3 rings (SSSR count). The van der Waals surface area contributed by atoms with Crippen molar-refractivity contribution in [3.63, 3.8) is 0 Å². The topological polar surface area (TPSA) is 38.3 Å². The Bertz CT molecular complexity index is 764. The third-order valence-corrected chi connectivity index (χ3v) is 4.20. The molecule has 0 atom stereocenters. The maximum atomic E-state index is 12.4. The molecule has 22 heavy (non-hydrogen) atoms. The number of rotatable bonds is 4. The van der Waals surface area contributed by atoms with Crippen LogP contribution in [0.5, 0.6) is 5.75 Å². The molecular formula is C18H15NO2S. The fourth-order valence-electron chi connectivity index (χ4n) is 2.13. The van der Waals surface area contributed by atoms with Crippen LogP contribution >= 0.6 is 11.3 Å². The van der Waals surface area contributed by atoms with Crippen LogP contribution in [0.15, 0.2) is 66.0 Å². The van der Waals surface area contributed by atoms with Crippen molar-refractivity contribution in [2.75, 3.05) is 12.4 Å². The lowest BCUT2D eigenvalue weighted by atomic mass is 10.1. The van der Waals surface area contributed by atoms with Crippen LogP contribution in [0.2, 0.25) is 0 Å². The number of anilines is 1. The minimum Gasteiger partial charge on any atom is -0.497 e. The summed E-state index contributed by atoms with van der Waals surface area (Å²) in [4.78, 5) is 13.5. The highest BCUT2D eigenvalue weighted by Gasteiger charge is 2.08. The SMILES string of the molecule is COc1ccc(NC(=O)c2cccc(-c3cccs3)c2)cc1. The van der Waals surface area contributed by atoms with E-state index in [1.165, 1.54) is 0 Å². The van der Waals surface area contributed by atoms with Crippen LogP contribution < -0.4 is 10.1 Å². The molecule has 2 aromatic carbocycles. The zero-order valence-corrected chi connectivity index (χ0v) is 12.9. The normalized spacial score (nSPS) is 10.2. The number of hydrogen-bond donors (Lipinski definition) is 1. The van der Waals surface area contributed by atoms with Crippen molar-refractivity contribution >= 4 is 22.9 Å². The monoisotopic (exact) mass is 309 g/mol. The lowest BCUT2D eigenvalue weighted by Crippen LogP contribution is -2.11. The van der Waals surface area contributed by atoms with Crippen LogP contribution in [-0.2, 0) is 0 Å². The Balaban J connectivity index is 1.78. The summed E-state index contributed by atoms with van der Waals surface area (Å²) in [6, 6.07) is 19.0. The molecule has 0 bridgehead atoms. The van der Waals surface area contributed by atoms with E-state index in [1.54, 1.807) is 18.4 Å². The van der Waals surface area contributed by atoms with Gasteiger partial charge in [-0.15, -0.1) is 11.3 Å². The molecule has 110 valence electrons. The number of carbonyl (C=O) groups excluding carboxylic acids is 1. The van der Waals surface area contributed by atoms with Crippen LogP contribution in [0.1, 0.15) is 10.4 Å². The van der Waals surface area contributed by atoms with Crippen LogP contribution in [0.25, 0.3) is 10.4 Å². The predicted octanol–water partition coefficient (Wildman–Crippen LogP) is 4.68. The summed E-state index contributed by atoms with van der Waals surface area (Å²) in [7, 11) is 1.61. The number of benzene rings is 2. The molecule has 1 aromatic heterocycles. The highest BCUT2D eigenvalue weighted by Crippen LogP contribution is 2.25. The van der Waals surface area contributed by atoms with E-state index in [0.29, 0.717) is 5.56 Å². The van der Waals surface area contributed by atoms with Gasteiger partial charge in [-0.3, -0.25) is 4.79 Å². The Labute approximate surface area is 133 Å². The number of ether oxygens (including phenoxy) is 1. The number of amides is 1. The highest BCUT2D eigenvalue weighted by atomic mass is 32.1. The minimum atomic E-state index is -0.122. The second-order valence-corrected chi connectivity index (χ2v) is 5.69. The van der Waals surface area contributed by atoms with Gasteiger partial charge in [0.2, 0.25) is 0 Å². The average Bonchev–Trinajstić information content (AvgIpc) is 3.10. The lowest BCUT2D eigenvalue weighted by molar-refractivity contribution is 0.102. The van der Waals surface area contributed by atoms with E-state index in [1.807, 2.05) is 66.0 Å². The zero-order valence-electron chi connectivity index (χ0n) is 12.1. The van der Waals surface area contributed by atoms with Gasteiger partial charge in [-0.1, -0.05) is 18.2 Å². The van der Waals surface area contributed by atoms with E-state index in [4.69, 9.17) is 4.74 Å². The van der Waals surface area contributed by atoms with Crippen LogP contribution in [-0.4, -0.2) is 13.0 Å². The van der Waals surface area contributed by atoms with Gasteiger partial charge in [0.15, 0.2) is 0 Å². The van der Waals surface area contributed by atoms with Gasteiger partial charge in [0.1, 0.15) is 5.75 Å². The smallest absolute Gasteiger partial charge is 0.255 e. The summed E-state index contributed by atoms with van der Waals surface area (Å²) in [5.74, 6) is 0.640. The highest BCUT2D eigenvalue weighted by molar-refractivity contribution is 7.13. The van der Waals surface area contributed by atoms with Crippen molar-refractivity contribution < 1.29 is 9.53 Å². The fraction of sp³-hybridized carbons (Fsp3) is 0.0556. The molecule has 0 fully saturated rings. The first-order valence-electron chi connectivity index (χ1n) is 6.85. The molecule has 1 amide bonds. The van der Waals surface area contributed by atoms with Gasteiger partial charge in [-0.05, 0) is 53.4 Å². The maximum absolute atomic E-state index is 12.4. The molecular weight excluding hydrogens is 294 g/mol. The summed E-state index contributed by atoms with van der Waals surface area (Å²) in [6.45, 7) is 0. The third kappa shape index (κ3) is 3.18. The summed E-state index contributed by atoms with van der Waals surface area (Å²) in [5.41, 5.74) is 2.44. The van der Waals surface area contributed by atoms with Gasteiger partial charge in [0.05, 0.1) is 7.11 Å². The summed E-state index contributed by atoms with van der Waals surface area (Å²) < 4.78 is 5.10. The van der Waals surface area contributed by atoms with Gasteiger partial charge < -0.3 is 10.1 Å². The third-order valence-electron chi connectivity index (χ3n) is 3.28. The molecule has 1 N–H and O–H groups in total. The van der Waals surface area contributed by atoms with Crippen molar-refractivity contribution in [1.82, 2.24) is 0 Å². The molecule has 0 unspecified atom stereocenters. The standard InChI is InChI=1S/C18H15NO2S/c1-21-16-9-7-15(8-10-16)19-18(20)14-5-2-4-13(12-14)17-6-3-11-22-17/h2-12H,1H3,(H,19,20). The predicted molar refractivity (Wildman–Crippen MR) is 90.7 cm³/mol. The molecule has 4 heteroatoms. The average molecular weight is 309 g/mol. The fourth-order valence-corrected chi connectivity index (χ4v) is 2.86. The first-order valence-corrected chi connectivity index (χ1v) is 7.73. The summed E-state index contributed by atoms with van der Waals surface area (Å²) >= 11 is 1.66. The van der Waals surface area contributed by atoms with E-state index in [-0.39, 0.29) is 5.91 Å². The number of hydrogen-bond acceptors (Lipinski definition) is 3. The zero-order chi connectivity index (χ0) is 15.4. The van der Waals surface area contributed by atoms with Crippen LogP contribution in [0.3, 0.4) is 0 Å². The first kappa shape index (κ1) is 14.4. The molecule has 0 aliphatic rings. The molecule has 0 aliphatic heterocycles. The Hall–Kier alpha value is -2.59. The van der Waals surface area contributed by atoms with Crippen molar-refractivity contribution in [2.24, 2.45) is 0 Å². The Morgan fingerprint density at radius 3 is 2.55 bits per heavy atom. The van der Waals surface area contributed by atoms with Gasteiger partial charge in [-0.25, -0.2) is 0 Å². The van der Waals surface area contributed by atoms with Crippen molar-refractivity contribution in [2.45, 2.75) is 0 Å². The van der Waals surface area contributed by atoms with E-state index < -0.39 is 0 Å². The van der Waals surface area contributed by atoms with Crippen molar-refractivity contribution in [3.05, 3.63) is 71.6 Å². The molecule has 3 aromatic rings. The van der Waals surface area contributed by atoms with Crippen molar-refractivity contribution in [3.8, 4) is 16.2 Å². The first-order chi connectivity index (χ1) is 10.8. The molecule has 3 nitrogen and oxygen atoms in total. The van der Waals surface area contributed by atoms with E-state index in [9.17, 15) is 4.79 Å². The Morgan fingerprint density at radius 2 is 1.86 bits per heavy atom. The van der Waals surface area contributed by atoms with Crippen molar-refractivity contribution in [1.29, 1.82) is 0 Å². The van der Waals surface area contributed by atoms with Crippen LogP contribution in [0.4, 0.5) is 5.69 Å². The van der Waals surface area contributed by atoms with Gasteiger partial charge in [0, 0.05) is 16.1 Å². The van der Waals surface area contributed by atoms with Gasteiger partial charge in [0.25, 0.3) is 5.91 Å². The lowest BCUT2D eigenvalue weighted by Gasteiger charge is -2.07. The molecule has 0 radical (unpaired) electrons. The number of nitrogens with one attached hydrogen (secondary N) is 1. The minimum absolute atomic E-state index is 0.122. The number of carbonyl (C=O) groups is 1. The van der Waals surface area contributed by atoms with Crippen LogP contribution in [0, 0.1) is 0 Å².